The lowest BCUT2D eigenvalue weighted by molar-refractivity contribution is 0.303. The van der Waals surface area contributed by atoms with Gasteiger partial charge >= 0.3 is 0 Å². The molecule has 104 valence electrons. The molecular formula is C14H12Cl2N2O2. The average Bonchev–Trinajstić information content (AvgIpc) is 2.46. The molecule has 0 saturated carbocycles. The Labute approximate surface area is 126 Å². The third kappa shape index (κ3) is 3.35. The van der Waals surface area contributed by atoms with E-state index in [2.05, 4.69) is 5.16 Å². The largest absolute Gasteiger partial charge is 0.488 e. The van der Waals surface area contributed by atoms with Gasteiger partial charge in [0.2, 0.25) is 0 Å². The Bertz CT molecular complexity index is 645. The van der Waals surface area contributed by atoms with Crippen LogP contribution in [0.5, 0.6) is 5.75 Å². The number of oxime groups is 1. The number of ether oxygens (including phenoxy) is 1. The molecule has 0 aliphatic carbocycles. The minimum atomic E-state index is -0.0113. The summed E-state index contributed by atoms with van der Waals surface area (Å²) in [5, 5.41) is 12.8. The van der Waals surface area contributed by atoms with Crippen LogP contribution in [0.1, 0.15) is 11.1 Å². The zero-order valence-corrected chi connectivity index (χ0v) is 11.9. The van der Waals surface area contributed by atoms with Crippen LogP contribution < -0.4 is 10.5 Å². The number of benzene rings is 2. The van der Waals surface area contributed by atoms with E-state index in [4.69, 9.17) is 38.9 Å². The maximum absolute atomic E-state index is 8.74. The molecule has 0 aliphatic heterocycles. The second-order valence-electron chi connectivity index (χ2n) is 4.01. The van der Waals surface area contributed by atoms with Crippen molar-refractivity contribution in [2.45, 2.75) is 6.61 Å². The molecule has 0 aliphatic rings. The van der Waals surface area contributed by atoms with Crippen molar-refractivity contribution in [3.05, 3.63) is 63.6 Å². The highest BCUT2D eigenvalue weighted by atomic mass is 35.5. The summed E-state index contributed by atoms with van der Waals surface area (Å²) < 4.78 is 5.67. The van der Waals surface area contributed by atoms with Crippen LogP contribution in [-0.4, -0.2) is 11.0 Å². The molecule has 0 bridgehead atoms. The van der Waals surface area contributed by atoms with E-state index < -0.39 is 0 Å². The molecule has 0 aromatic heterocycles. The van der Waals surface area contributed by atoms with Gasteiger partial charge in [-0.15, -0.1) is 0 Å². The topological polar surface area (TPSA) is 67.8 Å². The van der Waals surface area contributed by atoms with Gasteiger partial charge in [0.25, 0.3) is 0 Å². The van der Waals surface area contributed by atoms with Crippen LogP contribution in [0.2, 0.25) is 10.0 Å². The van der Waals surface area contributed by atoms with Crippen LogP contribution in [0, 0.1) is 0 Å². The molecule has 2 aromatic carbocycles. The van der Waals surface area contributed by atoms with Gasteiger partial charge in [-0.1, -0.05) is 46.6 Å². The Morgan fingerprint density at radius 1 is 1.20 bits per heavy atom. The smallest absolute Gasteiger partial charge is 0.173 e. The molecule has 2 aromatic rings. The molecule has 0 radical (unpaired) electrons. The Morgan fingerprint density at radius 2 is 1.95 bits per heavy atom. The van der Waals surface area contributed by atoms with Gasteiger partial charge in [0.05, 0.1) is 5.56 Å². The summed E-state index contributed by atoms with van der Waals surface area (Å²) in [4.78, 5) is 0. The minimum absolute atomic E-state index is 0.0113. The number of nitrogens with two attached hydrogens (primary N) is 1. The van der Waals surface area contributed by atoms with E-state index >= 15 is 0 Å². The van der Waals surface area contributed by atoms with Crippen molar-refractivity contribution in [2.24, 2.45) is 10.9 Å². The van der Waals surface area contributed by atoms with Gasteiger partial charge in [-0.05, 0) is 24.3 Å². The molecule has 0 unspecified atom stereocenters. The first-order chi connectivity index (χ1) is 9.61. The van der Waals surface area contributed by atoms with E-state index in [0.717, 1.165) is 5.56 Å². The fraction of sp³-hybridized carbons (Fsp3) is 0.0714. The molecule has 0 spiro atoms. The first-order valence-electron chi connectivity index (χ1n) is 5.75. The number of hydrogen-bond donors (Lipinski definition) is 2. The zero-order chi connectivity index (χ0) is 14.5. The fourth-order valence-corrected chi connectivity index (χ4v) is 2.12. The molecule has 0 atom stereocenters. The lowest BCUT2D eigenvalue weighted by atomic mass is 10.2. The van der Waals surface area contributed by atoms with Crippen LogP contribution >= 0.6 is 23.2 Å². The third-order valence-electron chi connectivity index (χ3n) is 2.67. The standard InChI is InChI=1S/C14H12Cl2N2O2/c15-10-6-5-9(12(16)7-10)8-20-13-4-2-1-3-11(13)14(17)18-19/h1-7,19H,8H2,(H2,17,18). The molecule has 4 nitrogen and oxygen atoms in total. The average molecular weight is 311 g/mol. The monoisotopic (exact) mass is 310 g/mol. The quantitative estimate of drug-likeness (QED) is 0.392. The fourth-order valence-electron chi connectivity index (χ4n) is 1.65. The number of rotatable bonds is 4. The van der Waals surface area contributed by atoms with Gasteiger partial charge in [-0.25, -0.2) is 0 Å². The van der Waals surface area contributed by atoms with Crippen LogP contribution in [0.25, 0.3) is 0 Å². The minimum Gasteiger partial charge on any atom is -0.488 e. The molecule has 2 rings (SSSR count). The highest BCUT2D eigenvalue weighted by Crippen LogP contribution is 2.24. The van der Waals surface area contributed by atoms with Gasteiger partial charge in [0.15, 0.2) is 5.84 Å². The maximum Gasteiger partial charge on any atom is 0.173 e. The van der Waals surface area contributed by atoms with E-state index in [9.17, 15) is 0 Å². The number of hydrogen-bond acceptors (Lipinski definition) is 3. The number of halogens is 2. The van der Waals surface area contributed by atoms with Gasteiger partial charge in [-0.3, -0.25) is 0 Å². The van der Waals surface area contributed by atoms with Crippen molar-refractivity contribution in [3.8, 4) is 5.75 Å². The van der Waals surface area contributed by atoms with E-state index in [1.54, 1.807) is 42.5 Å². The van der Waals surface area contributed by atoms with Gasteiger partial charge in [-0.2, -0.15) is 0 Å². The van der Waals surface area contributed by atoms with Crippen molar-refractivity contribution in [3.63, 3.8) is 0 Å². The van der Waals surface area contributed by atoms with Crippen molar-refractivity contribution < 1.29 is 9.94 Å². The normalized spacial score (nSPS) is 11.4. The maximum atomic E-state index is 8.74. The van der Waals surface area contributed by atoms with E-state index in [-0.39, 0.29) is 12.4 Å². The molecule has 3 N–H and O–H groups in total. The second-order valence-corrected chi connectivity index (χ2v) is 4.85. The number of amidine groups is 1. The molecule has 0 saturated heterocycles. The summed E-state index contributed by atoms with van der Waals surface area (Å²) in [5.41, 5.74) is 6.90. The van der Waals surface area contributed by atoms with E-state index in [0.29, 0.717) is 21.4 Å². The predicted molar refractivity (Wildman–Crippen MR) is 79.7 cm³/mol. The highest BCUT2D eigenvalue weighted by Gasteiger charge is 2.09. The third-order valence-corrected chi connectivity index (χ3v) is 3.26. The SMILES string of the molecule is N/C(=N\O)c1ccccc1OCc1ccc(Cl)cc1Cl. The summed E-state index contributed by atoms with van der Waals surface area (Å²) >= 11 is 11.9. The molecular weight excluding hydrogens is 299 g/mol. The van der Waals surface area contributed by atoms with Crippen LogP contribution in [0.15, 0.2) is 47.6 Å². The summed E-state index contributed by atoms with van der Waals surface area (Å²) in [6, 6.07) is 12.2. The van der Waals surface area contributed by atoms with Crippen molar-refractivity contribution in [1.29, 1.82) is 0 Å². The summed E-state index contributed by atoms with van der Waals surface area (Å²) in [6.45, 7) is 0.256. The molecule has 20 heavy (non-hydrogen) atoms. The Hall–Kier alpha value is -1.91. The first kappa shape index (κ1) is 14.5. The zero-order valence-electron chi connectivity index (χ0n) is 10.4. The molecule has 6 heteroatoms. The molecule has 0 fully saturated rings. The number of para-hydroxylation sites is 1. The van der Waals surface area contributed by atoms with Crippen molar-refractivity contribution in [1.82, 2.24) is 0 Å². The summed E-state index contributed by atoms with van der Waals surface area (Å²) in [7, 11) is 0. The van der Waals surface area contributed by atoms with E-state index in [1.807, 2.05) is 0 Å². The molecule has 0 amide bonds. The van der Waals surface area contributed by atoms with Crippen molar-refractivity contribution in [2.75, 3.05) is 0 Å². The summed E-state index contributed by atoms with van der Waals surface area (Å²) in [6.07, 6.45) is 0. The Morgan fingerprint density at radius 3 is 2.65 bits per heavy atom. The predicted octanol–water partition coefficient (Wildman–Crippen LogP) is 3.67. The van der Waals surface area contributed by atoms with Crippen molar-refractivity contribution >= 4 is 29.0 Å². The molecule has 0 heterocycles. The van der Waals surface area contributed by atoms with Crippen LogP contribution in [0.3, 0.4) is 0 Å². The summed E-state index contributed by atoms with van der Waals surface area (Å²) in [5.74, 6) is 0.497. The van der Waals surface area contributed by atoms with Crippen LogP contribution in [-0.2, 0) is 6.61 Å². The second kappa shape index (κ2) is 6.50. The van der Waals surface area contributed by atoms with E-state index in [1.165, 1.54) is 0 Å². The Balaban J connectivity index is 2.19. The lowest BCUT2D eigenvalue weighted by Gasteiger charge is -2.11. The van der Waals surface area contributed by atoms with Gasteiger partial charge in [0.1, 0.15) is 12.4 Å². The number of nitrogens with zero attached hydrogens (tertiary/aromatic N) is 1. The first-order valence-corrected chi connectivity index (χ1v) is 6.51. The van der Waals surface area contributed by atoms with Crippen LogP contribution in [0.4, 0.5) is 0 Å². The van der Waals surface area contributed by atoms with Gasteiger partial charge in [0, 0.05) is 15.6 Å². The lowest BCUT2D eigenvalue weighted by Crippen LogP contribution is -2.14. The van der Waals surface area contributed by atoms with Gasteiger partial charge < -0.3 is 15.7 Å². The highest BCUT2D eigenvalue weighted by molar-refractivity contribution is 6.35. The Kier molecular flexibility index (Phi) is 4.71.